The summed E-state index contributed by atoms with van der Waals surface area (Å²) < 4.78 is 2.30. The fraction of sp³-hybridized carbons (Fsp3) is 0.284. The number of hydrogen-bond acceptors (Lipinski definition) is 3. The lowest BCUT2D eigenvalue weighted by molar-refractivity contribution is 0.446. The van der Waals surface area contributed by atoms with Gasteiger partial charge in [-0.05, 0) is 152 Å². The first-order valence-corrected chi connectivity index (χ1v) is 25.3. The van der Waals surface area contributed by atoms with Crippen molar-refractivity contribution in [3.63, 3.8) is 0 Å². The average Bonchev–Trinajstić information content (AvgIpc) is 3.70. The fourth-order valence-corrected chi connectivity index (χ4v) is 10.0. The van der Waals surface area contributed by atoms with E-state index in [9.17, 15) is 5.11 Å². The van der Waals surface area contributed by atoms with E-state index in [1.165, 1.54) is 38.9 Å². The molecule has 7 aromatic carbocycles. The van der Waals surface area contributed by atoms with Gasteiger partial charge in [0.1, 0.15) is 11.6 Å². The van der Waals surface area contributed by atoms with Crippen molar-refractivity contribution in [1.29, 1.82) is 0 Å². The number of aromatic hydroxyl groups is 1. The Balaban J connectivity index is 1.29. The predicted octanol–water partition coefficient (Wildman–Crippen LogP) is 18.2. The van der Waals surface area contributed by atoms with E-state index in [2.05, 4.69) is 254 Å². The molecule has 4 nitrogen and oxygen atoms in total. The summed E-state index contributed by atoms with van der Waals surface area (Å²) in [6.45, 7) is 33.4. The van der Waals surface area contributed by atoms with Gasteiger partial charge in [-0.1, -0.05) is 186 Å². The number of para-hydroxylation sites is 1. The second-order valence-corrected chi connectivity index (χ2v) is 24.0. The monoisotopic (exact) mass is 934 g/mol. The first-order chi connectivity index (χ1) is 33.4. The molecule has 2 aromatic heterocycles. The number of imidazole rings is 1. The Morgan fingerprint density at radius 1 is 0.423 bits per heavy atom. The summed E-state index contributed by atoms with van der Waals surface area (Å²) in [4.78, 5) is 10.8. The number of phenolic OH excluding ortho intramolecular Hbond substituents is 1. The molecule has 0 atom stereocenters. The molecule has 360 valence electrons. The van der Waals surface area contributed by atoms with Crippen LogP contribution in [0.15, 0.2) is 152 Å². The Morgan fingerprint density at radius 3 is 1.69 bits per heavy atom. The van der Waals surface area contributed by atoms with E-state index >= 15 is 0 Å². The van der Waals surface area contributed by atoms with Crippen molar-refractivity contribution >= 4 is 11.0 Å². The molecule has 0 bridgehead atoms. The van der Waals surface area contributed by atoms with E-state index in [0.29, 0.717) is 11.4 Å². The third-order valence-electron chi connectivity index (χ3n) is 14.3. The van der Waals surface area contributed by atoms with Gasteiger partial charge < -0.3 is 5.11 Å². The maximum Gasteiger partial charge on any atom is 0.149 e. The molecule has 1 N–H and O–H groups in total. The molecule has 0 amide bonds. The lowest BCUT2D eigenvalue weighted by Crippen LogP contribution is -2.17. The van der Waals surface area contributed by atoms with Crippen LogP contribution >= 0.6 is 0 Å². The Hall–Kier alpha value is -7.04. The van der Waals surface area contributed by atoms with Crippen molar-refractivity contribution in [1.82, 2.24) is 14.5 Å². The molecule has 0 fully saturated rings. The van der Waals surface area contributed by atoms with Gasteiger partial charge in [-0.2, -0.15) is 0 Å². The minimum Gasteiger partial charge on any atom is -0.507 e. The largest absolute Gasteiger partial charge is 0.507 e. The Bertz CT molecular complexity index is 3490. The fourth-order valence-electron chi connectivity index (χ4n) is 10.0. The van der Waals surface area contributed by atoms with Crippen LogP contribution in [0.5, 0.6) is 5.75 Å². The van der Waals surface area contributed by atoms with E-state index in [1.807, 2.05) is 6.20 Å². The van der Waals surface area contributed by atoms with E-state index < -0.39 is 0 Å². The number of aromatic nitrogens is 3. The van der Waals surface area contributed by atoms with E-state index in [0.717, 1.165) is 72.5 Å². The molecule has 9 rings (SSSR count). The maximum atomic E-state index is 12.6. The molecule has 4 heteroatoms. The zero-order chi connectivity index (χ0) is 50.9. The smallest absolute Gasteiger partial charge is 0.149 e. The number of phenols is 1. The standard InChI is InChI=1S/C67H71N3O/c1-41-24-27-52(42(2)32-41)53-28-25-45(33-43(53)3)46-30-31-68-58(37-46)48-34-47(35-50(36-48)65(7,8)9)54-22-19-23-60-61(54)69-63(56-39-51(66(10,11)12)40-57(62(56)71)67(13,14)15)70(60)59-29-26-49(64(4,5)6)38-55(59)44-20-17-16-18-21-44/h16-40,71H,1-15H3. The topological polar surface area (TPSA) is 50.9 Å². The molecule has 0 spiro atoms. The maximum absolute atomic E-state index is 12.6. The summed E-state index contributed by atoms with van der Waals surface area (Å²) in [6.07, 6.45) is 1.94. The predicted molar refractivity (Wildman–Crippen MR) is 302 cm³/mol. The third kappa shape index (κ3) is 9.62. The zero-order valence-corrected chi connectivity index (χ0v) is 44.7. The SMILES string of the molecule is Cc1ccc(-c2ccc(-c3ccnc(-c4cc(-c5cccc6c5nc(-c5cc(C(C)(C)C)cc(C(C)(C)C)c5O)n6-c5ccc(C(C)(C)C)cc5-c5ccccc5)cc(C(C)(C)C)c4)c3)cc2C)c(C)c1. The van der Waals surface area contributed by atoms with Crippen LogP contribution in [-0.2, 0) is 21.7 Å². The van der Waals surface area contributed by atoms with Crippen LogP contribution in [0.2, 0.25) is 0 Å². The van der Waals surface area contributed by atoms with Crippen LogP contribution < -0.4 is 0 Å². The van der Waals surface area contributed by atoms with Crippen molar-refractivity contribution < 1.29 is 5.11 Å². The van der Waals surface area contributed by atoms with Crippen molar-refractivity contribution in [2.24, 2.45) is 0 Å². The van der Waals surface area contributed by atoms with Gasteiger partial charge in [0.25, 0.3) is 0 Å². The number of benzene rings is 7. The number of fused-ring (bicyclic) bond motifs is 1. The molecule has 9 aromatic rings. The average molecular weight is 934 g/mol. The summed E-state index contributed by atoms with van der Waals surface area (Å²) in [5.41, 5.74) is 22.1. The third-order valence-corrected chi connectivity index (χ3v) is 14.3. The summed E-state index contributed by atoms with van der Waals surface area (Å²) >= 11 is 0. The van der Waals surface area contributed by atoms with Crippen LogP contribution in [0, 0.1) is 20.8 Å². The van der Waals surface area contributed by atoms with Gasteiger partial charge >= 0.3 is 0 Å². The normalized spacial score (nSPS) is 12.5. The van der Waals surface area contributed by atoms with Crippen LogP contribution in [-0.4, -0.2) is 19.6 Å². The molecule has 2 heterocycles. The van der Waals surface area contributed by atoms with Crippen molar-refractivity contribution in [3.05, 3.63) is 191 Å². The number of hydrogen-bond donors (Lipinski definition) is 1. The first-order valence-electron chi connectivity index (χ1n) is 25.3. The van der Waals surface area contributed by atoms with Crippen LogP contribution in [0.4, 0.5) is 0 Å². The van der Waals surface area contributed by atoms with Gasteiger partial charge in [0, 0.05) is 28.5 Å². The number of nitrogens with zero attached hydrogens (tertiary/aromatic N) is 3. The van der Waals surface area contributed by atoms with Gasteiger partial charge in [-0.25, -0.2) is 4.98 Å². The molecule has 0 saturated heterocycles. The Morgan fingerprint density at radius 2 is 1.04 bits per heavy atom. The molecule has 0 saturated carbocycles. The van der Waals surface area contributed by atoms with Crippen molar-refractivity contribution in [3.8, 4) is 78.6 Å². The highest BCUT2D eigenvalue weighted by atomic mass is 16.3. The highest BCUT2D eigenvalue weighted by Gasteiger charge is 2.30. The van der Waals surface area contributed by atoms with Crippen LogP contribution in [0.3, 0.4) is 0 Å². The van der Waals surface area contributed by atoms with E-state index in [1.54, 1.807) is 0 Å². The second kappa shape index (κ2) is 18.0. The van der Waals surface area contributed by atoms with Crippen molar-refractivity contribution in [2.75, 3.05) is 0 Å². The number of pyridine rings is 1. The Kier molecular flexibility index (Phi) is 12.4. The summed E-state index contributed by atoms with van der Waals surface area (Å²) in [5, 5.41) is 12.6. The lowest BCUT2D eigenvalue weighted by Gasteiger charge is -2.28. The highest BCUT2D eigenvalue weighted by Crippen LogP contribution is 2.46. The second-order valence-electron chi connectivity index (χ2n) is 24.0. The number of rotatable bonds is 7. The van der Waals surface area contributed by atoms with Gasteiger partial charge in [0.05, 0.1) is 28.0 Å². The molecular weight excluding hydrogens is 863 g/mol. The molecule has 0 aliphatic heterocycles. The molecule has 71 heavy (non-hydrogen) atoms. The van der Waals surface area contributed by atoms with Crippen LogP contribution in [0.25, 0.3) is 83.9 Å². The van der Waals surface area contributed by atoms with E-state index in [4.69, 9.17) is 9.97 Å². The van der Waals surface area contributed by atoms with Gasteiger partial charge in [-0.3, -0.25) is 9.55 Å². The van der Waals surface area contributed by atoms with Gasteiger partial charge in [-0.15, -0.1) is 0 Å². The zero-order valence-electron chi connectivity index (χ0n) is 44.7. The molecule has 0 radical (unpaired) electrons. The van der Waals surface area contributed by atoms with Crippen molar-refractivity contribution in [2.45, 2.75) is 126 Å². The summed E-state index contributed by atoms with van der Waals surface area (Å²) in [5.74, 6) is 0.955. The number of aryl methyl sites for hydroxylation is 3. The molecule has 0 unspecified atom stereocenters. The quantitative estimate of drug-likeness (QED) is 0.173. The summed E-state index contributed by atoms with van der Waals surface area (Å²) in [7, 11) is 0. The Labute approximate surface area is 423 Å². The van der Waals surface area contributed by atoms with Crippen LogP contribution in [0.1, 0.15) is 122 Å². The minimum atomic E-state index is -0.330. The molecular formula is C67H71N3O. The molecule has 0 aliphatic carbocycles. The van der Waals surface area contributed by atoms with E-state index in [-0.39, 0.29) is 27.4 Å². The summed E-state index contributed by atoms with van der Waals surface area (Å²) in [6, 6.07) is 53.2. The lowest BCUT2D eigenvalue weighted by atomic mass is 9.79. The van der Waals surface area contributed by atoms with Gasteiger partial charge in [0.2, 0.25) is 0 Å². The minimum absolute atomic E-state index is 0.0788. The van der Waals surface area contributed by atoms with Gasteiger partial charge in [0.15, 0.2) is 0 Å². The molecule has 0 aliphatic rings. The first kappa shape index (κ1) is 49.0. The highest BCUT2D eigenvalue weighted by molar-refractivity contribution is 5.98.